The molecule has 0 spiro atoms. The highest BCUT2D eigenvalue weighted by atomic mass is 19.1. The van der Waals surface area contributed by atoms with E-state index in [-0.39, 0.29) is 12.0 Å². The summed E-state index contributed by atoms with van der Waals surface area (Å²) in [5, 5.41) is 3.16. The zero-order chi connectivity index (χ0) is 20.8. The van der Waals surface area contributed by atoms with Crippen molar-refractivity contribution in [3.8, 4) is 0 Å². The van der Waals surface area contributed by atoms with Crippen molar-refractivity contribution in [1.82, 2.24) is 10.2 Å². The number of likely N-dealkylation sites (tertiary alicyclic amines) is 1. The number of ether oxygens (including phenoxy) is 1. The standard InChI is InChI=1S/C22H21FN2O4/c1-25-19(26)16-17(20(25)27)22(21(28)29-2,12-13-8-4-3-5-9-13)24-18(16)14-10-6-7-11-15(14)23/h3-11,16-18,24H,12H2,1-2H3/t16-,17-,18+,22+/m0/s1. The SMILES string of the molecule is COC(=O)[C@]1(Cc2ccccc2)N[C@H](c2ccccc2F)[C@H]2C(=O)N(C)C(=O)[C@H]21. The van der Waals surface area contributed by atoms with Gasteiger partial charge in [-0.1, -0.05) is 48.5 Å². The van der Waals surface area contributed by atoms with Crippen LogP contribution in [0.25, 0.3) is 0 Å². The number of methoxy groups -OCH3 is 1. The molecule has 29 heavy (non-hydrogen) atoms. The fourth-order valence-corrected chi connectivity index (χ4v) is 4.66. The van der Waals surface area contributed by atoms with Crippen LogP contribution in [0.5, 0.6) is 0 Å². The van der Waals surface area contributed by atoms with E-state index in [1.54, 1.807) is 18.2 Å². The monoisotopic (exact) mass is 396 g/mol. The van der Waals surface area contributed by atoms with Crippen LogP contribution in [0.1, 0.15) is 17.2 Å². The number of nitrogens with zero attached hydrogens (tertiary/aromatic N) is 1. The van der Waals surface area contributed by atoms with Crippen LogP contribution in [0.2, 0.25) is 0 Å². The normalized spacial score (nSPS) is 28.5. The number of carbonyl (C=O) groups excluding carboxylic acids is 3. The number of carbonyl (C=O) groups is 3. The predicted octanol–water partition coefficient (Wildman–Crippen LogP) is 1.86. The van der Waals surface area contributed by atoms with Gasteiger partial charge < -0.3 is 4.74 Å². The van der Waals surface area contributed by atoms with Crippen molar-refractivity contribution in [2.75, 3.05) is 14.2 Å². The molecule has 0 aromatic heterocycles. The largest absolute Gasteiger partial charge is 0.468 e. The fourth-order valence-electron chi connectivity index (χ4n) is 4.66. The minimum absolute atomic E-state index is 0.138. The molecule has 2 amide bonds. The third-order valence-electron chi connectivity index (χ3n) is 5.99. The first kappa shape index (κ1) is 19.3. The van der Waals surface area contributed by atoms with Gasteiger partial charge in [0, 0.05) is 25.1 Å². The van der Waals surface area contributed by atoms with Crippen molar-refractivity contribution in [3.05, 3.63) is 71.5 Å². The van der Waals surface area contributed by atoms with E-state index in [2.05, 4.69) is 5.32 Å². The van der Waals surface area contributed by atoms with E-state index < -0.39 is 47.0 Å². The molecule has 2 aromatic rings. The Morgan fingerprint density at radius 3 is 2.41 bits per heavy atom. The van der Waals surface area contributed by atoms with E-state index in [1.807, 2.05) is 30.3 Å². The van der Waals surface area contributed by atoms with E-state index in [1.165, 1.54) is 20.2 Å². The Hall–Kier alpha value is -3.06. The lowest BCUT2D eigenvalue weighted by Gasteiger charge is -2.32. The number of benzene rings is 2. The number of fused-ring (bicyclic) bond motifs is 1. The number of rotatable bonds is 4. The number of esters is 1. The van der Waals surface area contributed by atoms with Crippen molar-refractivity contribution in [1.29, 1.82) is 0 Å². The Morgan fingerprint density at radius 1 is 1.10 bits per heavy atom. The molecule has 4 rings (SSSR count). The highest BCUT2D eigenvalue weighted by Gasteiger charge is 2.68. The molecular formula is C22H21FN2O4. The molecule has 0 unspecified atom stereocenters. The molecule has 0 saturated carbocycles. The molecule has 150 valence electrons. The summed E-state index contributed by atoms with van der Waals surface area (Å²) in [6.07, 6.45) is 0.138. The Labute approximate surface area is 167 Å². The summed E-state index contributed by atoms with van der Waals surface area (Å²) >= 11 is 0. The molecule has 4 atom stereocenters. The van der Waals surface area contributed by atoms with Crippen molar-refractivity contribution < 1.29 is 23.5 Å². The quantitative estimate of drug-likeness (QED) is 0.631. The van der Waals surface area contributed by atoms with Crippen LogP contribution in [0, 0.1) is 17.7 Å². The van der Waals surface area contributed by atoms with Crippen LogP contribution in [0.15, 0.2) is 54.6 Å². The van der Waals surface area contributed by atoms with Gasteiger partial charge in [0.1, 0.15) is 11.4 Å². The van der Waals surface area contributed by atoms with Gasteiger partial charge in [0.15, 0.2) is 0 Å². The van der Waals surface area contributed by atoms with Crippen molar-refractivity contribution >= 4 is 17.8 Å². The molecule has 2 aromatic carbocycles. The third kappa shape index (κ3) is 2.84. The van der Waals surface area contributed by atoms with Crippen LogP contribution >= 0.6 is 0 Å². The molecule has 2 fully saturated rings. The molecule has 6 nitrogen and oxygen atoms in total. The first-order valence-electron chi connectivity index (χ1n) is 9.36. The average molecular weight is 396 g/mol. The van der Waals surface area contributed by atoms with Gasteiger partial charge in [0.2, 0.25) is 11.8 Å². The number of imide groups is 1. The number of amides is 2. The van der Waals surface area contributed by atoms with Gasteiger partial charge in [0.25, 0.3) is 0 Å². The molecule has 7 heteroatoms. The first-order chi connectivity index (χ1) is 13.9. The molecule has 2 saturated heterocycles. The number of nitrogens with one attached hydrogen (secondary N) is 1. The molecular weight excluding hydrogens is 375 g/mol. The average Bonchev–Trinajstić information content (AvgIpc) is 3.18. The Balaban J connectivity index is 1.88. The van der Waals surface area contributed by atoms with Gasteiger partial charge in [-0.25, -0.2) is 4.39 Å². The van der Waals surface area contributed by atoms with Crippen LogP contribution in [0.4, 0.5) is 4.39 Å². The molecule has 2 aliphatic heterocycles. The van der Waals surface area contributed by atoms with Crippen molar-refractivity contribution in [3.63, 3.8) is 0 Å². The summed E-state index contributed by atoms with van der Waals surface area (Å²) in [6.45, 7) is 0. The maximum absolute atomic E-state index is 14.6. The Bertz CT molecular complexity index is 980. The zero-order valence-electron chi connectivity index (χ0n) is 16.1. The summed E-state index contributed by atoms with van der Waals surface area (Å²) in [4.78, 5) is 40.1. The van der Waals surface area contributed by atoms with Crippen LogP contribution in [-0.2, 0) is 25.5 Å². The van der Waals surface area contributed by atoms with E-state index in [0.29, 0.717) is 0 Å². The third-order valence-corrected chi connectivity index (χ3v) is 5.99. The Kier molecular flexibility index (Phi) is 4.70. The van der Waals surface area contributed by atoms with Gasteiger partial charge >= 0.3 is 5.97 Å². The second-order valence-corrected chi connectivity index (χ2v) is 7.51. The lowest BCUT2D eigenvalue weighted by Crippen LogP contribution is -2.57. The van der Waals surface area contributed by atoms with Crippen molar-refractivity contribution in [2.24, 2.45) is 11.8 Å². The second kappa shape index (κ2) is 7.08. The van der Waals surface area contributed by atoms with E-state index in [0.717, 1.165) is 10.5 Å². The molecule has 1 N–H and O–H groups in total. The lowest BCUT2D eigenvalue weighted by atomic mass is 9.76. The topological polar surface area (TPSA) is 75.7 Å². The van der Waals surface area contributed by atoms with Gasteiger partial charge in [-0.05, 0) is 11.6 Å². The van der Waals surface area contributed by atoms with E-state index in [9.17, 15) is 18.8 Å². The Morgan fingerprint density at radius 2 is 1.76 bits per heavy atom. The summed E-state index contributed by atoms with van der Waals surface area (Å²) in [6, 6.07) is 14.4. The summed E-state index contributed by atoms with van der Waals surface area (Å²) in [5.74, 6) is -3.93. The van der Waals surface area contributed by atoms with Crippen molar-refractivity contribution in [2.45, 2.75) is 18.0 Å². The molecule has 2 heterocycles. The summed E-state index contributed by atoms with van der Waals surface area (Å²) in [7, 11) is 2.64. The molecule has 0 bridgehead atoms. The van der Waals surface area contributed by atoms with Gasteiger partial charge in [-0.2, -0.15) is 0 Å². The number of hydrogen-bond donors (Lipinski definition) is 1. The minimum atomic E-state index is -1.48. The zero-order valence-corrected chi connectivity index (χ0v) is 16.1. The van der Waals surface area contributed by atoms with E-state index >= 15 is 0 Å². The predicted molar refractivity (Wildman–Crippen MR) is 102 cm³/mol. The maximum Gasteiger partial charge on any atom is 0.327 e. The maximum atomic E-state index is 14.6. The van der Waals surface area contributed by atoms with Crippen LogP contribution < -0.4 is 5.32 Å². The first-order valence-corrected chi connectivity index (χ1v) is 9.36. The minimum Gasteiger partial charge on any atom is -0.468 e. The van der Waals surface area contributed by atoms with Crippen LogP contribution in [-0.4, -0.2) is 42.4 Å². The van der Waals surface area contributed by atoms with Gasteiger partial charge in [-0.3, -0.25) is 24.6 Å². The lowest BCUT2D eigenvalue weighted by molar-refractivity contribution is -0.153. The highest BCUT2D eigenvalue weighted by Crippen LogP contribution is 2.50. The molecule has 0 radical (unpaired) electrons. The number of hydrogen-bond acceptors (Lipinski definition) is 5. The fraction of sp³-hybridized carbons (Fsp3) is 0.318. The van der Waals surface area contributed by atoms with Crippen LogP contribution in [0.3, 0.4) is 0 Å². The second-order valence-electron chi connectivity index (χ2n) is 7.51. The smallest absolute Gasteiger partial charge is 0.327 e. The molecule has 0 aliphatic carbocycles. The van der Waals surface area contributed by atoms with Gasteiger partial charge in [0.05, 0.1) is 18.9 Å². The summed E-state index contributed by atoms with van der Waals surface area (Å²) in [5.41, 5.74) is -0.434. The highest BCUT2D eigenvalue weighted by molar-refractivity contribution is 6.09. The van der Waals surface area contributed by atoms with Gasteiger partial charge in [-0.15, -0.1) is 0 Å². The number of halogens is 1. The molecule has 2 aliphatic rings. The van der Waals surface area contributed by atoms with E-state index in [4.69, 9.17) is 4.74 Å². The summed E-state index contributed by atoms with van der Waals surface area (Å²) < 4.78 is 19.7.